The van der Waals surface area contributed by atoms with E-state index >= 15 is 0 Å². The number of aliphatic hydroxyl groups is 1. The molecule has 0 spiro atoms. The molecular formula is C24H36N4O2S. The van der Waals surface area contributed by atoms with E-state index in [1.807, 2.05) is 12.1 Å². The monoisotopic (exact) mass is 444 g/mol. The molecule has 2 fully saturated rings. The number of hydrogen-bond acceptors (Lipinski definition) is 7. The number of ether oxygens (including phenoxy) is 1. The van der Waals surface area contributed by atoms with Crippen LogP contribution in [0.5, 0.6) is 5.75 Å². The zero-order chi connectivity index (χ0) is 21.5. The quantitative estimate of drug-likeness (QED) is 0.642. The highest BCUT2D eigenvalue weighted by Gasteiger charge is 2.20. The minimum atomic E-state index is -0.441. The second-order valence-electron chi connectivity index (χ2n) is 8.84. The van der Waals surface area contributed by atoms with Crippen LogP contribution in [0.2, 0.25) is 0 Å². The van der Waals surface area contributed by atoms with Gasteiger partial charge in [0.1, 0.15) is 18.5 Å². The summed E-state index contributed by atoms with van der Waals surface area (Å²) in [6.45, 7) is 11.4. The van der Waals surface area contributed by atoms with Gasteiger partial charge in [0, 0.05) is 56.8 Å². The summed E-state index contributed by atoms with van der Waals surface area (Å²) >= 11 is 1.73. The minimum absolute atomic E-state index is 0.356. The van der Waals surface area contributed by atoms with Gasteiger partial charge in [-0.3, -0.25) is 9.80 Å². The SMILES string of the molecule is Cc1nc(CN2CCN(Cc3ccccc3OCC(O)CN3CCCCC3)CC2)cs1. The van der Waals surface area contributed by atoms with Gasteiger partial charge in [0.2, 0.25) is 0 Å². The van der Waals surface area contributed by atoms with Crippen LogP contribution in [-0.2, 0) is 13.1 Å². The lowest BCUT2D eigenvalue weighted by Crippen LogP contribution is -2.45. The molecule has 4 rings (SSSR count). The Morgan fingerprint density at radius 3 is 2.39 bits per heavy atom. The van der Waals surface area contributed by atoms with Gasteiger partial charge in [-0.05, 0) is 38.9 Å². The zero-order valence-electron chi connectivity index (χ0n) is 18.7. The molecule has 0 radical (unpaired) electrons. The molecule has 7 heteroatoms. The smallest absolute Gasteiger partial charge is 0.123 e. The van der Waals surface area contributed by atoms with Crippen LogP contribution in [0, 0.1) is 6.92 Å². The molecule has 2 aliphatic heterocycles. The number of likely N-dealkylation sites (tertiary alicyclic amines) is 1. The first-order valence-corrected chi connectivity index (χ1v) is 12.5. The number of nitrogens with zero attached hydrogens (tertiary/aromatic N) is 4. The molecule has 1 aromatic heterocycles. The maximum absolute atomic E-state index is 10.4. The molecule has 3 heterocycles. The third-order valence-electron chi connectivity index (χ3n) is 6.23. The average Bonchev–Trinajstić information content (AvgIpc) is 3.20. The van der Waals surface area contributed by atoms with E-state index in [1.165, 1.54) is 30.5 Å². The number of piperazine rings is 1. The Balaban J connectivity index is 1.23. The molecule has 1 atom stereocenters. The molecule has 2 aliphatic rings. The number of aryl methyl sites for hydroxylation is 1. The van der Waals surface area contributed by atoms with Gasteiger partial charge < -0.3 is 14.7 Å². The third-order valence-corrected chi connectivity index (χ3v) is 7.05. The lowest BCUT2D eigenvalue weighted by molar-refractivity contribution is 0.0607. The number of aromatic nitrogens is 1. The molecule has 1 unspecified atom stereocenters. The number of para-hydroxylation sites is 1. The van der Waals surface area contributed by atoms with Crippen molar-refractivity contribution in [2.24, 2.45) is 0 Å². The normalized spacial score (nSPS) is 20.1. The van der Waals surface area contributed by atoms with Gasteiger partial charge in [-0.1, -0.05) is 24.6 Å². The summed E-state index contributed by atoms with van der Waals surface area (Å²) in [7, 11) is 0. The third kappa shape index (κ3) is 6.99. The minimum Gasteiger partial charge on any atom is -0.491 e. The van der Waals surface area contributed by atoms with Crippen molar-refractivity contribution in [1.29, 1.82) is 0 Å². The molecule has 0 saturated carbocycles. The van der Waals surface area contributed by atoms with Gasteiger partial charge in [0.25, 0.3) is 0 Å². The highest BCUT2D eigenvalue weighted by Crippen LogP contribution is 2.21. The van der Waals surface area contributed by atoms with Crippen LogP contribution < -0.4 is 4.74 Å². The first kappa shape index (κ1) is 22.7. The summed E-state index contributed by atoms with van der Waals surface area (Å²) in [5.41, 5.74) is 2.40. The summed E-state index contributed by atoms with van der Waals surface area (Å²) < 4.78 is 6.06. The molecule has 170 valence electrons. The molecule has 2 aromatic rings. The van der Waals surface area contributed by atoms with E-state index in [1.54, 1.807) is 11.3 Å². The Morgan fingerprint density at radius 1 is 0.968 bits per heavy atom. The van der Waals surface area contributed by atoms with Crippen molar-refractivity contribution in [2.45, 2.75) is 45.4 Å². The van der Waals surface area contributed by atoms with Crippen molar-refractivity contribution in [2.75, 3.05) is 52.4 Å². The Hall–Kier alpha value is -1.51. The van der Waals surface area contributed by atoms with E-state index in [4.69, 9.17) is 4.74 Å². The van der Waals surface area contributed by atoms with Gasteiger partial charge in [-0.25, -0.2) is 4.98 Å². The highest BCUT2D eigenvalue weighted by atomic mass is 32.1. The van der Waals surface area contributed by atoms with E-state index in [0.717, 1.165) is 63.1 Å². The molecule has 31 heavy (non-hydrogen) atoms. The van der Waals surface area contributed by atoms with Gasteiger partial charge >= 0.3 is 0 Å². The number of piperidine rings is 1. The van der Waals surface area contributed by atoms with Crippen molar-refractivity contribution in [3.63, 3.8) is 0 Å². The van der Waals surface area contributed by atoms with E-state index in [9.17, 15) is 5.11 Å². The predicted molar refractivity (Wildman–Crippen MR) is 126 cm³/mol. The topological polar surface area (TPSA) is 52.1 Å². The Bertz CT molecular complexity index is 800. The predicted octanol–water partition coefficient (Wildman–Crippen LogP) is 2.99. The zero-order valence-corrected chi connectivity index (χ0v) is 19.5. The second-order valence-corrected chi connectivity index (χ2v) is 9.91. The molecule has 1 N–H and O–H groups in total. The van der Waals surface area contributed by atoms with E-state index in [-0.39, 0.29) is 0 Å². The molecule has 1 aromatic carbocycles. The second kappa shape index (κ2) is 11.4. The Labute approximate surface area is 190 Å². The maximum atomic E-state index is 10.4. The molecule has 6 nitrogen and oxygen atoms in total. The summed E-state index contributed by atoms with van der Waals surface area (Å²) in [5, 5.41) is 13.8. The number of rotatable bonds is 9. The van der Waals surface area contributed by atoms with Crippen molar-refractivity contribution < 1.29 is 9.84 Å². The van der Waals surface area contributed by atoms with Gasteiger partial charge in [0.05, 0.1) is 10.7 Å². The fraction of sp³-hybridized carbons (Fsp3) is 0.625. The van der Waals surface area contributed by atoms with Crippen molar-refractivity contribution in [1.82, 2.24) is 19.7 Å². The summed E-state index contributed by atoms with van der Waals surface area (Å²) in [6.07, 6.45) is 3.36. The number of benzene rings is 1. The number of thiazole rings is 1. The lowest BCUT2D eigenvalue weighted by atomic mass is 10.1. The fourth-order valence-corrected chi connectivity index (χ4v) is 5.11. The van der Waals surface area contributed by atoms with Gasteiger partial charge in [-0.15, -0.1) is 11.3 Å². The van der Waals surface area contributed by atoms with E-state index in [2.05, 4.69) is 44.1 Å². The summed E-state index contributed by atoms with van der Waals surface area (Å²) in [5.74, 6) is 0.903. The molecular weight excluding hydrogens is 408 g/mol. The van der Waals surface area contributed by atoms with Crippen LogP contribution >= 0.6 is 11.3 Å². The van der Waals surface area contributed by atoms with Gasteiger partial charge in [-0.2, -0.15) is 0 Å². The van der Waals surface area contributed by atoms with Crippen molar-refractivity contribution in [3.05, 3.63) is 45.9 Å². The number of β-amino-alcohol motifs (C(OH)–C–C–N with tert-alkyl or cyclic N) is 1. The first-order valence-electron chi connectivity index (χ1n) is 11.6. The molecule has 0 bridgehead atoms. The van der Waals surface area contributed by atoms with Crippen LogP contribution in [0.25, 0.3) is 0 Å². The van der Waals surface area contributed by atoms with E-state index in [0.29, 0.717) is 13.2 Å². The Morgan fingerprint density at radius 2 is 1.68 bits per heavy atom. The van der Waals surface area contributed by atoms with Crippen LogP contribution in [0.1, 0.15) is 35.5 Å². The van der Waals surface area contributed by atoms with Crippen LogP contribution in [0.4, 0.5) is 0 Å². The van der Waals surface area contributed by atoms with Gasteiger partial charge in [0.15, 0.2) is 0 Å². The number of hydrogen-bond donors (Lipinski definition) is 1. The Kier molecular flexibility index (Phi) is 8.33. The van der Waals surface area contributed by atoms with E-state index < -0.39 is 6.10 Å². The van der Waals surface area contributed by atoms with Crippen LogP contribution in [-0.4, -0.2) is 83.3 Å². The average molecular weight is 445 g/mol. The summed E-state index contributed by atoms with van der Waals surface area (Å²) in [4.78, 5) is 11.9. The van der Waals surface area contributed by atoms with Crippen molar-refractivity contribution >= 4 is 11.3 Å². The largest absolute Gasteiger partial charge is 0.491 e. The molecule has 2 saturated heterocycles. The standard InChI is InChI=1S/C24H36N4O2S/c1-20-25-22(19-31-20)16-28-13-11-27(12-14-28)15-21-7-3-4-8-24(21)30-18-23(29)17-26-9-5-2-6-10-26/h3-4,7-8,19,23,29H,2,5-6,9-18H2,1H3. The van der Waals surface area contributed by atoms with Crippen LogP contribution in [0.3, 0.4) is 0 Å². The van der Waals surface area contributed by atoms with Crippen molar-refractivity contribution in [3.8, 4) is 5.75 Å². The first-order chi connectivity index (χ1) is 15.2. The molecule has 0 amide bonds. The fourth-order valence-electron chi connectivity index (χ4n) is 4.51. The van der Waals surface area contributed by atoms with Crippen LogP contribution in [0.15, 0.2) is 29.6 Å². The maximum Gasteiger partial charge on any atom is 0.123 e. The number of aliphatic hydroxyl groups excluding tert-OH is 1. The highest BCUT2D eigenvalue weighted by molar-refractivity contribution is 7.09. The lowest BCUT2D eigenvalue weighted by Gasteiger charge is -2.34. The summed E-state index contributed by atoms with van der Waals surface area (Å²) in [6, 6.07) is 8.28. The molecule has 0 aliphatic carbocycles.